The molecule has 0 saturated heterocycles. The van der Waals surface area contributed by atoms with E-state index in [0.29, 0.717) is 44.2 Å². The molecular formula is C28H31NO4. The number of amides is 1. The average molecular weight is 446 g/mol. The van der Waals surface area contributed by atoms with Crippen LogP contribution in [0.1, 0.15) is 79.1 Å². The highest BCUT2D eigenvalue weighted by atomic mass is 16.2. The molecule has 1 aliphatic heterocycles. The zero-order valence-electron chi connectivity index (χ0n) is 19.6. The Hall–Kier alpha value is -3.08. The predicted molar refractivity (Wildman–Crippen MR) is 126 cm³/mol. The van der Waals surface area contributed by atoms with Gasteiger partial charge < -0.3 is 4.90 Å². The van der Waals surface area contributed by atoms with E-state index in [9.17, 15) is 19.2 Å². The molecule has 1 fully saturated rings. The third kappa shape index (κ3) is 5.13. The van der Waals surface area contributed by atoms with Crippen LogP contribution in [-0.4, -0.2) is 34.2 Å². The monoisotopic (exact) mass is 445 g/mol. The summed E-state index contributed by atoms with van der Waals surface area (Å²) in [4.78, 5) is 50.8. The minimum atomic E-state index is -0.503. The van der Waals surface area contributed by atoms with Crippen LogP contribution in [0.2, 0.25) is 0 Å². The molecule has 33 heavy (non-hydrogen) atoms. The van der Waals surface area contributed by atoms with Crippen molar-refractivity contribution in [2.45, 2.75) is 77.3 Å². The fourth-order valence-electron chi connectivity index (χ4n) is 4.72. The number of hydrogen-bond donors (Lipinski definition) is 0. The van der Waals surface area contributed by atoms with Crippen molar-refractivity contribution < 1.29 is 19.2 Å². The maximum Gasteiger partial charge on any atom is 0.255 e. The molecular weight excluding hydrogens is 414 g/mol. The molecule has 1 unspecified atom stereocenters. The van der Waals surface area contributed by atoms with E-state index in [2.05, 4.69) is 32.9 Å². The van der Waals surface area contributed by atoms with Gasteiger partial charge in [0.05, 0.1) is 12.5 Å². The van der Waals surface area contributed by atoms with Gasteiger partial charge in [-0.25, -0.2) is 0 Å². The topological polar surface area (TPSA) is 71.5 Å². The van der Waals surface area contributed by atoms with Crippen molar-refractivity contribution >= 4 is 23.3 Å². The highest BCUT2D eigenvalue weighted by Crippen LogP contribution is 2.30. The van der Waals surface area contributed by atoms with Crippen LogP contribution in [0.5, 0.6) is 0 Å². The van der Waals surface area contributed by atoms with E-state index in [0.717, 1.165) is 16.7 Å². The van der Waals surface area contributed by atoms with Crippen LogP contribution in [0.15, 0.2) is 42.5 Å². The van der Waals surface area contributed by atoms with E-state index in [1.165, 1.54) is 5.56 Å². The number of benzene rings is 2. The lowest BCUT2D eigenvalue weighted by atomic mass is 9.86. The van der Waals surface area contributed by atoms with Gasteiger partial charge in [-0.2, -0.15) is 0 Å². The van der Waals surface area contributed by atoms with Gasteiger partial charge in [-0.15, -0.1) is 0 Å². The number of carbonyl (C=O) groups is 4. The first-order valence-corrected chi connectivity index (χ1v) is 11.7. The highest BCUT2D eigenvalue weighted by Gasteiger charge is 2.38. The first kappa shape index (κ1) is 23.1. The first-order chi connectivity index (χ1) is 15.6. The fourth-order valence-corrected chi connectivity index (χ4v) is 4.72. The van der Waals surface area contributed by atoms with Crippen molar-refractivity contribution in [3.8, 4) is 0 Å². The summed E-state index contributed by atoms with van der Waals surface area (Å²) in [5.41, 5.74) is 4.90. The van der Waals surface area contributed by atoms with Crippen molar-refractivity contribution in [1.29, 1.82) is 0 Å². The molecule has 0 bridgehead atoms. The molecule has 2 aliphatic rings. The van der Waals surface area contributed by atoms with Crippen molar-refractivity contribution in [3.05, 3.63) is 70.3 Å². The first-order valence-electron chi connectivity index (χ1n) is 11.7. The van der Waals surface area contributed by atoms with Crippen molar-refractivity contribution in [1.82, 2.24) is 4.90 Å². The molecule has 1 atom stereocenters. The quantitative estimate of drug-likeness (QED) is 0.619. The summed E-state index contributed by atoms with van der Waals surface area (Å²) in [6.07, 6.45) is 2.18. The molecule has 172 valence electrons. The Morgan fingerprint density at radius 3 is 2.36 bits per heavy atom. The van der Waals surface area contributed by atoms with Gasteiger partial charge >= 0.3 is 0 Å². The van der Waals surface area contributed by atoms with E-state index in [1.807, 2.05) is 24.3 Å². The van der Waals surface area contributed by atoms with Gasteiger partial charge in [0.2, 0.25) is 0 Å². The van der Waals surface area contributed by atoms with E-state index in [4.69, 9.17) is 0 Å². The van der Waals surface area contributed by atoms with E-state index in [-0.39, 0.29) is 35.1 Å². The number of Topliss-reactive ketones (excluding diaryl/α,β-unsaturated/α-hetero) is 3. The van der Waals surface area contributed by atoms with Gasteiger partial charge in [-0.05, 0) is 46.6 Å². The minimum Gasteiger partial charge on any atom is -0.324 e. The third-order valence-electron chi connectivity index (χ3n) is 6.73. The largest absolute Gasteiger partial charge is 0.324 e. The SMILES string of the molecule is CC(C)(C)c1ccc(CC(=O)CCc2ccc3c(c2)CN(C2CCC(=O)CC2=O)C3=O)cc1. The van der Waals surface area contributed by atoms with Crippen molar-refractivity contribution in [3.63, 3.8) is 0 Å². The Morgan fingerprint density at radius 2 is 1.70 bits per heavy atom. The second kappa shape index (κ2) is 9.05. The van der Waals surface area contributed by atoms with E-state index in [1.54, 1.807) is 11.0 Å². The molecule has 1 amide bonds. The summed E-state index contributed by atoms with van der Waals surface area (Å²) in [5.74, 6) is -0.153. The lowest BCUT2D eigenvalue weighted by Crippen LogP contribution is -2.44. The smallest absolute Gasteiger partial charge is 0.255 e. The maximum absolute atomic E-state index is 12.8. The summed E-state index contributed by atoms with van der Waals surface area (Å²) in [5, 5.41) is 0. The van der Waals surface area contributed by atoms with Crippen molar-refractivity contribution in [2.75, 3.05) is 0 Å². The molecule has 5 nitrogen and oxygen atoms in total. The van der Waals surface area contributed by atoms with Gasteiger partial charge in [-0.3, -0.25) is 19.2 Å². The minimum absolute atomic E-state index is 0.0440. The van der Waals surface area contributed by atoms with E-state index < -0.39 is 6.04 Å². The number of carbonyl (C=O) groups excluding carboxylic acids is 4. The summed E-state index contributed by atoms with van der Waals surface area (Å²) in [6, 6.07) is 13.5. The maximum atomic E-state index is 12.8. The Bertz CT molecular complexity index is 1110. The molecule has 2 aromatic carbocycles. The molecule has 5 heteroatoms. The van der Waals surface area contributed by atoms with Gasteiger partial charge in [0.1, 0.15) is 11.6 Å². The van der Waals surface area contributed by atoms with Gasteiger partial charge in [0, 0.05) is 31.4 Å². The molecule has 0 radical (unpaired) electrons. The number of nitrogens with zero attached hydrogens (tertiary/aromatic N) is 1. The number of ketones is 3. The van der Waals surface area contributed by atoms with Gasteiger partial charge in [0.25, 0.3) is 5.91 Å². The molecule has 1 saturated carbocycles. The Morgan fingerprint density at radius 1 is 1.00 bits per heavy atom. The standard InChI is InChI=1S/C28H31NO4/c1-28(2,3)21-8-4-19(5-9-21)15-22(30)10-6-18-7-12-24-20(14-18)17-29(27(24)33)25-13-11-23(31)16-26(25)32/h4-5,7-9,12,14,25H,6,10-11,13,15-17H2,1-3H3. The summed E-state index contributed by atoms with van der Waals surface area (Å²) >= 11 is 0. The summed E-state index contributed by atoms with van der Waals surface area (Å²) in [6.45, 7) is 6.90. The second-order valence-corrected chi connectivity index (χ2v) is 10.3. The predicted octanol–water partition coefficient (Wildman–Crippen LogP) is 4.38. The molecule has 1 aliphatic carbocycles. The van der Waals surface area contributed by atoms with Gasteiger partial charge in [-0.1, -0.05) is 57.2 Å². The fraction of sp³-hybridized carbons (Fsp3) is 0.429. The molecule has 0 aromatic heterocycles. The molecule has 0 spiro atoms. The molecule has 4 rings (SSSR count). The highest BCUT2D eigenvalue weighted by molar-refractivity contribution is 6.07. The number of hydrogen-bond acceptors (Lipinski definition) is 4. The summed E-state index contributed by atoms with van der Waals surface area (Å²) in [7, 11) is 0. The van der Waals surface area contributed by atoms with Crippen LogP contribution in [0.25, 0.3) is 0 Å². The Labute approximate surface area is 195 Å². The van der Waals surface area contributed by atoms with Crippen LogP contribution < -0.4 is 0 Å². The number of aryl methyl sites for hydroxylation is 1. The van der Waals surface area contributed by atoms with Crippen LogP contribution in [0, 0.1) is 0 Å². The number of fused-ring (bicyclic) bond motifs is 1. The number of rotatable bonds is 6. The zero-order chi connectivity index (χ0) is 23.8. The van der Waals surface area contributed by atoms with Crippen LogP contribution in [0.4, 0.5) is 0 Å². The Kier molecular flexibility index (Phi) is 6.33. The van der Waals surface area contributed by atoms with Crippen LogP contribution in [-0.2, 0) is 39.2 Å². The van der Waals surface area contributed by atoms with Crippen LogP contribution in [0.3, 0.4) is 0 Å². The molecule has 1 heterocycles. The average Bonchev–Trinajstić information content (AvgIpc) is 3.07. The third-order valence-corrected chi connectivity index (χ3v) is 6.73. The Balaban J connectivity index is 1.35. The zero-order valence-corrected chi connectivity index (χ0v) is 19.6. The second-order valence-electron chi connectivity index (χ2n) is 10.3. The molecule has 0 N–H and O–H groups in total. The van der Waals surface area contributed by atoms with Crippen molar-refractivity contribution in [2.24, 2.45) is 0 Å². The van der Waals surface area contributed by atoms with Gasteiger partial charge in [0.15, 0.2) is 5.78 Å². The lowest BCUT2D eigenvalue weighted by molar-refractivity contribution is -0.133. The normalized spacial score (nSPS) is 18.6. The molecule has 2 aromatic rings. The summed E-state index contributed by atoms with van der Waals surface area (Å²) < 4.78 is 0. The van der Waals surface area contributed by atoms with E-state index >= 15 is 0 Å². The lowest BCUT2D eigenvalue weighted by Gasteiger charge is -2.29. The van der Waals surface area contributed by atoms with Crippen LogP contribution >= 0.6 is 0 Å².